The Morgan fingerprint density at radius 1 is 1.25 bits per heavy atom. The molecule has 0 spiro atoms. The van der Waals surface area contributed by atoms with Gasteiger partial charge in [-0.15, -0.1) is 0 Å². The second-order valence-electron chi connectivity index (χ2n) is 10.7. The fourth-order valence-electron chi connectivity index (χ4n) is 4.73. The zero-order valence-corrected chi connectivity index (χ0v) is 21.0. The summed E-state index contributed by atoms with van der Waals surface area (Å²) in [7, 11) is 0. The molecule has 0 aliphatic carbocycles. The van der Waals surface area contributed by atoms with E-state index in [4.69, 9.17) is 9.47 Å². The standard InChI is InChI=1S/C26H30FN5O4/c1-15-23(33)30-29-22-12-35-21-10-17(16-8-6-7-9-18(16)27)19(11-20(21)32(15)22)28-26(5)13-31(14-26)24(34)36-25(2,3)4/h6-11,15,28H,12-14H2,1-5H3,(H,30,33). The van der Waals surface area contributed by atoms with E-state index in [0.29, 0.717) is 47.2 Å². The lowest BCUT2D eigenvalue weighted by molar-refractivity contribution is -0.122. The number of nitrogens with zero attached hydrogens (tertiary/aromatic N) is 3. The van der Waals surface area contributed by atoms with Crippen molar-refractivity contribution in [2.24, 2.45) is 5.10 Å². The van der Waals surface area contributed by atoms with Gasteiger partial charge in [-0.25, -0.2) is 14.6 Å². The number of amidine groups is 1. The molecule has 2 aromatic carbocycles. The van der Waals surface area contributed by atoms with Gasteiger partial charge in [0.25, 0.3) is 5.91 Å². The number of ether oxygens (including phenoxy) is 2. The molecule has 3 heterocycles. The molecular weight excluding hydrogens is 465 g/mol. The number of anilines is 2. The molecule has 0 aromatic heterocycles. The molecule has 2 N–H and O–H groups in total. The molecule has 1 unspecified atom stereocenters. The van der Waals surface area contributed by atoms with Crippen molar-refractivity contribution >= 4 is 29.2 Å². The largest absolute Gasteiger partial charge is 0.483 e. The van der Waals surface area contributed by atoms with Gasteiger partial charge in [-0.05, 0) is 52.8 Å². The monoisotopic (exact) mass is 495 g/mol. The topological polar surface area (TPSA) is 95.5 Å². The Kier molecular flexibility index (Phi) is 5.57. The minimum Gasteiger partial charge on any atom is -0.483 e. The van der Waals surface area contributed by atoms with Crippen LogP contribution >= 0.6 is 0 Å². The minimum atomic E-state index is -0.580. The maximum atomic E-state index is 14.9. The van der Waals surface area contributed by atoms with Crippen LogP contribution in [0, 0.1) is 5.82 Å². The molecule has 36 heavy (non-hydrogen) atoms. The smallest absolute Gasteiger partial charge is 0.410 e. The van der Waals surface area contributed by atoms with Gasteiger partial charge in [0.1, 0.15) is 29.8 Å². The molecule has 1 fully saturated rings. The maximum absolute atomic E-state index is 14.9. The fraction of sp³-hybridized carbons (Fsp3) is 0.423. The number of rotatable bonds is 3. The number of amides is 2. The van der Waals surface area contributed by atoms with Crippen LogP contribution in [0.15, 0.2) is 41.5 Å². The first-order valence-electron chi connectivity index (χ1n) is 11.9. The van der Waals surface area contributed by atoms with Crippen molar-refractivity contribution in [1.82, 2.24) is 10.3 Å². The molecule has 1 saturated heterocycles. The van der Waals surface area contributed by atoms with Gasteiger partial charge in [-0.1, -0.05) is 18.2 Å². The summed E-state index contributed by atoms with van der Waals surface area (Å²) in [5.41, 5.74) is 3.84. The molecule has 2 aromatic rings. The molecule has 5 rings (SSSR count). The van der Waals surface area contributed by atoms with Gasteiger partial charge in [-0.3, -0.25) is 4.79 Å². The second kappa shape index (κ2) is 8.39. The number of nitrogens with one attached hydrogen (secondary N) is 2. The third-order valence-corrected chi connectivity index (χ3v) is 6.39. The van der Waals surface area contributed by atoms with Crippen molar-refractivity contribution < 1.29 is 23.5 Å². The fourth-order valence-corrected chi connectivity index (χ4v) is 4.73. The van der Waals surface area contributed by atoms with Crippen LogP contribution in [0.25, 0.3) is 11.1 Å². The van der Waals surface area contributed by atoms with Crippen molar-refractivity contribution in [1.29, 1.82) is 0 Å². The highest BCUT2D eigenvalue weighted by atomic mass is 19.1. The van der Waals surface area contributed by atoms with Crippen molar-refractivity contribution in [3.63, 3.8) is 0 Å². The van der Waals surface area contributed by atoms with Crippen molar-refractivity contribution in [3.05, 3.63) is 42.2 Å². The van der Waals surface area contributed by atoms with E-state index in [2.05, 4.69) is 15.8 Å². The number of carbonyl (C=O) groups is 2. The summed E-state index contributed by atoms with van der Waals surface area (Å²) < 4.78 is 26.3. The minimum absolute atomic E-state index is 0.184. The third-order valence-electron chi connectivity index (χ3n) is 6.39. The Morgan fingerprint density at radius 2 is 1.97 bits per heavy atom. The Hall–Kier alpha value is -3.82. The average molecular weight is 496 g/mol. The summed E-state index contributed by atoms with van der Waals surface area (Å²) >= 11 is 0. The number of likely N-dealkylation sites (tertiary alicyclic amines) is 1. The number of hydrogen-bond donors (Lipinski definition) is 2. The van der Waals surface area contributed by atoms with Gasteiger partial charge >= 0.3 is 6.09 Å². The normalized spacial score (nSPS) is 20.2. The number of benzene rings is 2. The molecule has 0 radical (unpaired) electrons. The van der Waals surface area contributed by atoms with Crippen LogP contribution in [0.2, 0.25) is 0 Å². The lowest BCUT2D eigenvalue weighted by Gasteiger charge is -2.49. The average Bonchev–Trinajstić information content (AvgIpc) is 2.78. The van der Waals surface area contributed by atoms with Crippen LogP contribution in [0.3, 0.4) is 0 Å². The highest BCUT2D eigenvalue weighted by Crippen LogP contribution is 2.44. The van der Waals surface area contributed by atoms with Crippen molar-refractivity contribution in [2.75, 3.05) is 29.9 Å². The van der Waals surface area contributed by atoms with E-state index < -0.39 is 17.2 Å². The second-order valence-corrected chi connectivity index (χ2v) is 10.7. The summed E-state index contributed by atoms with van der Waals surface area (Å²) in [5, 5.41) is 7.68. The first-order chi connectivity index (χ1) is 16.9. The molecule has 0 saturated carbocycles. The van der Waals surface area contributed by atoms with Crippen LogP contribution in [0.5, 0.6) is 5.75 Å². The summed E-state index contributed by atoms with van der Waals surface area (Å²) in [6, 6.07) is 9.71. The van der Waals surface area contributed by atoms with Crippen molar-refractivity contribution in [3.8, 4) is 16.9 Å². The lowest BCUT2D eigenvalue weighted by atomic mass is 9.90. The van der Waals surface area contributed by atoms with Gasteiger partial charge in [0.05, 0.1) is 11.2 Å². The number of fused-ring (bicyclic) bond motifs is 3. The van der Waals surface area contributed by atoms with Gasteiger partial charge < -0.3 is 24.6 Å². The van der Waals surface area contributed by atoms with E-state index in [1.807, 2.05) is 38.7 Å². The van der Waals surface area contributed by atoms with Gasteiger partial charge in [0.2, 0.25) is 0 Å². The number of hydrogen-bond acceptors (Lipinski definition) is 7. The highest BCUT2D eigenvalue weighted by molar-refractivity contribution is 6.10. The van der Waals surface area contributed by atoms with E-state index >= 15 is 0 Å². The van der Waals surface area contributed by atoms with E-state index in [-0.39, 0.29) is 24.4 Å². The molecule has 3 aliphatic heterocycles. The third kappa shape index (κ3) is 4.31. The summed E-state index contributed by atoms with van der Waals surface area (Å²) in [5.74, 6) is 0.537. The quantitative estimate of drug-likeness (QED) is 0.670. The van der Waals surface area contributed by atoms with Crippen LogP contribution in [0.4, 0.5) is 20.6 Å². The zero-order chi connectivity index (χ0) is 25.8. The SMILES string of the molecule is CC1C(=O)NN=C2COc3cc(-c4ccccc4F)c(NC4(C)CN(C(=O)OC(C)(C)C)C4)cc3N21. The summed E-state index contributed by atoms with van der Waals surface area (Å²) in [4.78, 5) is 28.3. The Morgan fingerprint density at radius 3 is 2.67 bits per heavy atom. The molecule has 0 bridgehead atoms. The molecule has 3 aliphatic rings. The maximum Gasteiger partial charge on any atom is 0.410 e. The van der Waals surface area contributed by atoms with E-state index in [1.54, 1.807) is 36.1 Å². The van der Waals surface area contributed by atoms with E-state index in [1.165, 1.54) is 6.07 Å². The zero-order valence-electron chi connectivity index (χ0n) is 21.0. The van der Waals surface area contributed by atoms with E-state index in [0.717, 1.165) is 0 Å². The first-order valence-corrected chi connectivity index (χ1v) is 11.9. The van der Waals surface area contributed by atoms with Crippen LogP contribution < -0.4 is 20.4 Å². The van der Waals surface area contributed by atoms with Gasteiger partial charge in [-0.2, -0.15) is 5.10 Å². The first kappa shape index (κ1) is 23.9. The highest BCUT2D eigenvalue weighted by Gasteiger charge is 2.44. The molecule has 190 valence electrons. The molecule has 2 amide bonds. The van der Waals surface area contributed by atoms with E-state index in [9.17, 15) is 14.0 Å². The number of carbonyl (C=O) groups excluding carboxylic acids is 2. The lowest BCUT2D eigenvalue weighted by Crippen LogP contribution is -2.66. The summed E-state index contributed by atoms with van der Waals surface area (Å²) in [6.07, 6.45) is -0.371. The van der Waals surface area contributed by atoms with Crippen LogP contribution in [-0.4, -0.2) is 59.6 Å². The van der Waals surface area contributed by atoms with Crippen molar-refractivity contribution in [2.45, 2.75) is 51.8 Å². The van der Waals surface area contributed by atoms with Gasteiger partial charge in [0, 0.05) is 29.9 Å². The summed E-state index contributed by atoms with van der Waals surface area (Å²) in [6.45, 7) is 10.3. The number of hydrazone groups is 1. The molecule has 9 nitrogen and oxygen atoms in total. The Balaban J connectivity index is 1.51. The molecule has 10 heteroatoms. The van der Waals surface area contributed by atoms with Crippen LogP contribution in [0.1, 0.15) is 34.6 Å². The molecular formula is C26H30FN5O4. The molecule has 1 atom stereocenters. The van der Waals surface area contributed by atoms with Crippen LogP contribution in [-0.2, 0) is 9.53 Å². The Labute approximate surface area is 209 Å². The Bertz CT molecular complexity index is 1270. The number of halogens is 1. The predicted octanol–water partition coefficient (Wildman–Crippen LogP) is 3.94. The predicted molar refractivity (Wildman–Crippen MR) is 135 cm³/mol. The van der Waals surface area contributed by atoms with Gasteiger partial charge in [0.15, 0.2) is 5.84 Å².